The van der Waals surface area contributed by atoms with Gasteiger partial charge in [0.25, 0.3) is 0 Å². The topological polar surface area (TPSA) is 58.2 Å². The number of nitrogens with one attached hydrogen (secondary N) is 2. The summed E-state index contributed by atoms with van der Waals surface area (Å²) in [6, 6.07) is 0.375. The van der Waals surface area contributed by atoms with E-state index in [0.717, 1.165) is 12.8 Å². The first-order valence-corrected chi connectivity index (χ1v) is 9.12. The van der Waals surface area contributed by atoms with Gasteiger partial charge in [-0.2, -0.15) is 0 Å². The lowest BCUT2D eigenvalue weighted by Gasteiger charge is -2.29. The lowest BCUT2D eigenvalue weighted by atomic mass is 9.85. The highest BCUT2D eigenvalue weighted by Crippen LogP contribution is 2.26. The molecular formula is C14H30N2O2S. The molecule has 0 bridgehead atoms. The Labute approximate surface area is 118 Å². The second-order valence-electron chi connectivity index (χ2n) is 6.22. The summed E-state index contributed by atoms with van der Waals surface area (Å²) in [5, 5.41) is 2.80. The molecule has 1 saturated carbocycles. The van der Waals surface area contributed by atoms with E-state index in [-0.39, 0.29) is 11.3 Å². The van der Waals surface area contributed by atoms with Gasteiger partial charge in [0.2, 0.25) is 10.0 Å². The van der Waals surface area contributed by atoms with Crippen molar-refractivity contribution in [1.29, 1.82) is 0 Å². The van der Waals surface area contributed by atoms with Crippen LogP contribution in [-0.2, 0) is 10.0 Å². The Balaban J connectivity index is 2.47. The van der Waals surface area contributed by atoms with Crippen molar-refractivity contribution < 1.29 is 8.42 Å². The molecule has 0 aromatic heterocycles. The zero-order valence-electron chi connectivity index (χ0n) is 12.8. The van der Waals surface area contributed by atoms with Crippen LogP contribution in [0, 0.1) is 5.92 Å². The van der Waals surface area contributed by atoms with E-state index in [9.17, 15) is 8.42 Å². The number of hydrogen-bond donors (Lipinski definition) is 2. The maximum Gasteiger partial charge on any atom is 0.215 e. The van der Waals surface area contributed by atoms with E-state index in [0.29, 0.717) is 18.5 Å². The van der Waals surface area contributed by atoms with E-state index in [1.807, 2.05) is 20.8 Å². The van der Waals surface area contributed by atoms with Crippen LogP contribution in [0.1, 0.15) is 59.8 Å². The molecule has 0 saturated heterocycles. The fourth-order valence-electron chi connectivity index (χ4n) is 2.62. The van der Waals surface area contributed by atoms with E-state index in [2.05, 4.69) is 10.0 Å². The van der Waals surface area contributed by atoms with Gasteiger partial charge in [-0.15, -0.1) is 0 Å². The Morgan fingerprint density at radius 2 is 1.63 bits per heavy atom. The van der Waals surface area contributed by atoms with Crippen molar-refractivity contribution in [1.82, 2.24) is 10.0 Å². The Morgan fingerprint density at radius 1 is 1.05 bits per heavy atom. The van der Waals surface area contributed by atoms with Gasteiger partial charge in [0.15, 0.2) is 0 Å². The molecule has 19 heavy (non-hydrogen) atoms. The van der Waals surface area contributed by atoms with Crippen LogP contribution in [-0.4, -0.2) is 32.3 Å². The Kier molecular flexibility index (Phi) is 6.77. The van der Waals surface area contributed by atoms with Crippen LogP contribution in [0.15, 0.2) is 0 Å². The average Bonchev–Trinajstić information content (AvgIpc) is 2.36. The molecule has 114 valence electrons. The van der Waals surface area contributed by atoms with Gasteiger partial charge in [-0.25, -0.2) is 13.1 Å². The Bertz CT molecular complexity index is 348. The van der Waals surface area contributed by atoms with Crippen LogP contribution in [0.3, 0.4) is 0 Å². The number of rotatable bonds is 7. The molecule has 0 radical (unpaired) electrons. The van der Waals surface area contributed by atoms with Crippen LogP contribution >= 0.6 is 0 Å². The maximum atomic E-state index is 12.2. The zero-order chi connectivity index (χ0) is 14.5. The van der Waals surface area contributed by atoms with Crippen LogP contribution in [0.2, 0.25) is 0 Å². The lowest BCUT2D eigenvalue weighted by molar-refractivity contribution is 0.302. The predicted octanol–water partition coefficient (Wildman–Crippen LogP) is 2.26. The highest BCUT2D eigenvalue weighted by atomic mass is 32.2. The summed E-state index contributed by atoms with van der Waals surface area (Å²) in [5.41, 5.74) is 0. The second kappa shape index (κ2) is 7.60. The largest absolute Gasteiger partial charge is 0.313 e. The molecule has 1 rings (SSSR count). The van der Waals surface area contributed by atoms with Crippen molar-refractivity contribution in [3.8, 4) is 0 Å². The average molecular weight is 290 g/mol. The molecule has 0 aliphatic heterocycles. The fraction of sp³-hybridized carbons (Fsp3) is 1.00. The SMILES string of the molecule is CC(C)NCC(C)S(=O)(=O)NC(C)C1CCCCC1. The monoisotopic (exact) mass is 290 g/mol. The van der Waals surface area contributed by atoms with E-state index in [1.54, 1.807) is 6.92 Å². The first-order chi connectivity index (χ1) is 8.83. The third-order valence-electron chi connectivity index (χ3n) is 4.05. The highest BCUT2D eigenvalue weighted by Gasteiger charge is 2.27. The Hall–Kier alpha value is -0.130. The molecule has 0 heterocycles. The summed E-state index contributed by atoms with van der Waals surface area (Å²) in [6.45, 7) is 8.33. The molecular weight excluding hydrogens is 260 g/mol. The molecule has 0 aromatic carbocycles. The Morgan fingerprint density at radius 3 is 2.16 bits per heavy atom. The molecule has 4 nitrogen and oxygen atoms in total. The van der Waals surface area contributed by atoms with Gasteiger partial charge < -0.3 is 5.32 Å². The van der Waals surface area contributed by atoms with Crippen molar-refractivity contribution in [2.45, 2.75) is 77.1 Å². The van der Waals surface area contributed by atoms with Gasteiger partial charge in [-0.3, -0.25) is 0 Å². The third kappa shape index (κ3) is 5.79. The maximum absolute atomic E-state index is 12.2. The van der Waals surface area contributed by atoms with Crippen molar-refractivity contribution in [2.75, 3.05) is 6.54 Å². The molecule has 1 aliphatic rings. The molecule has 2 atom stereocenters. The van der Waals surface area contributed by atoms with Crippen molar-refractivity contribution in [3.05, 3.63) is 0 Å². The minimum atomic E-state index is -3.22. The summed E-state index contributed by atoms with van der Waals surface area (Å²) in [7, 11) is -3.22. The smallest absolute Gasteiger partial charge is 0.215 e. The minimum Gasteiger partial charge on any atom is -0.313 e. The molecule has 0 spiro atoms. The van der Waals surface area contributed by atoms with Crippen LogP contribution in [0.4, 0.5) is 0 Å². The lowest BCUT2D eigenvalue weighted by Crippen LogP contribution is -2.46. The molecule has 5 heteroatoms. The van der Waals surface area contributed by atoms with Crippen molar-refractivity contribution in [2.24, 2.45) is 5.92 Å². The van der Waals surface area contributed by atoms with Crippen LogP contribution < -0.4 is 10.0 Å². The molecule has 0 amide bonds. The number of hydrogen-bond acceptors (Lipinski definition) is 3. The summed E-state index contributed by atoms with van der Waals surface area (Å²) in [6.07, 6.45) is 6.08. The first kappa shape index (κ1) is 16.9. The van der Waals surface area contributed by atoms with E-state index in [4.69, 9.17) is 0 Å². The zero-order valence-corrected chi connectivity index (χ0v) is 13.6. The van der Waals surface area contributed by atoms with Gasteiger partial charge in [-0.05, 0) is 32.6 Å². The van der Waals surface area contributed by atoms with Gasteiger partial charge >= 0.3 is 0 Å². The van der Waals surface area contributed by atoms with Gasteiger partial charge in [0.05, 0.1) is 5.25 Å². The van der Waals surface area contributed by atoms with Crippen molar-refractivity contribution >= 4 is 10.0 Å². The normalized spacial score (nSPS) is 21.5. The van der Waals surface area contributed by atoms with Crippen LogP contribution in [0.5, 0.6) is 0 Å². The van der Waals surface area contributed by atoms with Gasteiger partial charge in [0, 0.05) is 18.6 Å². The second-order valence-corrected chi connectivity index (χ2v) is 8.35. The first-order valence-electron chi connectivity index (χ1n) is 7.57. The molecule has 1 fully saturated rings. The highest BCUT2D eigenvalue weighted by molar-refractivity contribution is 7.90. The summed E-state index contributed by atoms with van der Waals surface area (Å²) < 4.78 is 27.4. The number of sulfonamides is 1. The van der Waals surface area contributed by atoms with Crippen molar-refractivity contribution in [3.63, 3.8) is 0 Å². The van der Waals surface area contributed by atoms with Gasteiger partial charge in [0.1, 0.15) is 0 Å². The summed E-state index contributed by atoms with van der Waals surface area (Å²) >= 11 is 0. The molecule has 2 unspecified atom stereocenters. The van der Waals surface area contributed by atoms with E-state index >= 15 is 0 Å². The van der Waals surface area contributed by atoms with E-state index < -0.39 is 10.0 Å². The molecule has 1 aliphatic carbocycles. The predicted molar refractivity (Wildman–Crippen MR) is 80.7 cm³/mol. The van der Waals surface area contributed by atoms with Crippen LogP contribution in [0.25, 0.3) is 0 Å². The fourth-order valence-corrected chi connectivity index (χ4v) is 3.88. The van der Waals surface area contributed by atoms with E-state index in [1.165, 1.54) is 19.3 Å². The third-order valence-corrected chi connectivity index (χ3v) is 5.98. The summed E-state index contributed by atoms with van der Waals surface area (Å²) in [4.78, 5) is 0. The quantitative estimate of drug-likeness (QED) is 0.756. The standard InChI is InChI=1S/C14H30N2O2S/c1-11(2)15-10-12(3)19(17,18)16-13(4)14-8-6-5-7-9-14/h11-16H,5-10H2,1-4H3. The molecule has 2 N–H and O–H groups in total. The minimum absolute atomic E-state index is 0.0619. The summed E-state index contributed by atoms with van der Waals surface area (Å²) in [5.74, 6) is 0.508. The molecule has 0 aromatic rings. The van der Waals surface area contributed by atoms with Gasteiger partial charge in [-0.1, -0.05) is 33.1 Å².